The van der Waals surface area contributed by atoms with Gasteiger partial charge in [0.2, 0.25) is 5.89 Å². The van der Waals surface area contributed by atoms with E-state index in [1.54, 1.807) is 13.8 Å². The molecule has 0 saturated heterocycles. The maximum Gasteiger partial charge on any atom is 0.437 e. The summed E-state index contributed by atoms with van der Waals surface area (Å²) in [5, 5.41) is 3.87. The second-order valence-electron chi connectivity index (χ2n) is 4.38. The molecule has 2 aromatic rings. The minimum Gasteiger partial charge on any atom is -0.462 e. The second kappa shape index (κ2) is 5.68. The summed E-state index contributed by atoms with van der Waals surface area (Å²) in [5.41, 5.74) is 0.444. The lowest BCUT2D eigenvalue weighted by Gasteiger charge is -2.06. The number of ether oxygens (including phenoxy) is 1. The number of aromatic nitrogens is 2. The Morgan fingerprint density at radius 2 is 2.05 bits per heavy atom. The Morgan fingerprint density at radius 1 is 1.40 bits per heavy atom. The van der Waals surface area contributed by atoms with E-state index in [-0.39, 0.29) is 18.5 Å². The number of hydrogen-bond acceptors (Lipinski definition) is 5. The highest BCUT2D eigenvalue weighted by Gasteiger charge is 2.14. The average molecular weight is 280 g/mol. The van der Waals surface area contributed by atoms with Gasteiger partial charge in [0.15, 0.2) is 0 Å². The molecule has 7 heteroatoms. The Labute approximate surface area is 113 Å². The number of rotatable bonds is 4. The van der Waals surface area contributed by atoms with E-state index in [4.69, 9.17) is 9.15 Å². The average Bonchev–Trinajstić information content (AvgIpc) is 2.70. The molecule has 0 saturated carbocycles. The Bertz CT molecular complexity index is 658. The summed E-state index contributed by atoms with van der Waals surface area (Å²) in [5.74, 6) is -1.74. The molecule has 0 bridgehead atoms. The molecule has 0 unspecified atom stereocenters. The Hall–Kier alpha value is -2.44. The molecule has 0 spiro atoms. The van der Waals surface area contributed by atoms with Gasteiger partial charge in [-0.3, -0.25) is 4.79 Å². The Balaban J connectivity index is 2.19. The topological polar surface area (TPSA) is 74.3 Å². The van der Waals surface area contributed by atoms with E-state index in [1.165, 1.54) is 24.3 Å². The van der Waals surface area contributed by atoms with Crippen molar-refractivity contribution in [3.8, 4) is 11.5 Å². The predicted molar refractivity (Wildman–Crippen MR) is 67.4 cm³/mol. The Kier molecular flexibility index (Phi) is 3.97. The zero-order chi connectivity index (χ0) is 14.7. The summed E-state index contributed by atoms with van der Waals surface area (Å²) in [7, 11) is 0. The molecule has 1 aromatic carbocycles. The van der Waals surface area contributed by atoms with Crippen LogP contribution in [0.1, 0.15) is 13.8 Å². The van der Waals surface area contributed by atoms with E-state index >= 15 is 0 Å². The lowest BCUT2D eigenvalue weighted by Crippen LogP contribution is -2.24. The lowest BCUT2D eigenvalue weighted by atomic mass is 10.2. The quantitative estimate of drug-likeness (QED) is 0.795. The van der Waals surface area contributed by atoms with E-state index < -0.39 is 17.5 Å². The van der Waals surface area contributed by atoms with Crippen molar-refractivity contribution in [3.05, 3.63) is 40.6 Å². The van der Waals surface area contributed by atoms with Crippen LogP contribution < -0.4 is 5.76 Å². The smallest absolute Gasteiger partial charge is 0.437 e. The summed E-state index contributed by atoms with van der Waals surface area (Å²) < 4.78 is 23.5. The fourth-order valence-electron chi connectivity index (χ4n) is 1.54. The van der Waals surface area contributed by atoms with E-state index in [0.29, 0.717) is 5.56 Å². The first-order valence-corrected chi connectivity index (χ1v) is 5.99. The van der Waals surface area contributed by atoms with Crippen LogP contribution in [0.15, 0.2) is 33.5 Å². The van der Waals surface area contributed by atoms with Crippen LogP contribution in [0.2, 0.25) is 0 Å². The third-order valence-corrected chi connectivity index (χ3v) is 2.34. The van der Waals surface area contributed by atoms with E-state index in [1.807, 2.05) is 0 Å². The zero-order valence-corrected chi connectivity index (χ0v) is 11.0. The number of nitrogens with zero attached hydrogens (tertiary/aromatic N) is 2. The fourth-order valence-corrected chi connectivity index (χ4v) is 1.54. The molecule has 1 aromatic heterocycles. The molecule has 0 fully saturated rings. The predicted octanol–water partition coefficient (Wildman–Crippen LogP) is 1.59. The highest BCUT2D eigenvalue weighted by Crippen LogP contribution is 2.15. The first kappa shape index (κ1) is 14.0. The van der Waals surface area contributed by atoms with Gasteiger partial charge in [-0.2, -0.15) is 4.68 Å². The first-order valence-electron chi connectivity index (χ1n) is 5.99. The van der Waals surface area contributed by atoms with Crippen molar-refractivity contribution in [2.24, 2.45) is 0 Å². The number of carbonyl (C=O) groups is 1. The minimum absolute atomic E-state index is 0.0207. The van der Waals surface area contributed by atoms with E-state index in [9.17, 15) is 14.0 Å². The van der Waals surface area contributed by atoms with Gasteiger partial charge in [-0.15, -0.1) is 5.10 Å². The van der Waals surface area contributed by atoms with Gasteiger partial charge < -0.3 is 9.15 Å². The van der Waals surface area contributed by atoms with E-state index in [2.05, 4.69) is 5.10 Å². The molecule has 0 N–H and O–H groups in total. The van der Waals surface area contributed by atoms with Gasteiger partial charge in [-0.05, 0) is 38.1 Å². The number of carbonyl (C=O) groups excluding carboxylic acids is 1. The van der Waals surface area contributed by atoms with Crippen LogP contribution in [-0.2, 0) is 16.1 Å². The molecule has 0 aliphatic carbocycles. The van der Waals surface area contributed by atoms with Crippen molar-refractivity contribution in [1.82, 2.24) is 9.78 Å². The summed E-state index contributed by atoms with van der Waals surface area (Å²) in [4.78, 5) is 23.0. The lowest BCUT2D eigenvalue weighted by molar-refractivity contribution is -0.148. The van der Waals surface area contributed by atoms with Crippen LogP contribution in [0.5, 0.6) is 0 Å². The molecular formula is C13H13FN2O4. The Morgan fingerprint density at radius 3 is 2.65 bits per heavy atom. The monoisotopic (exact) mass is 280 g/mol. The summed E-state index contributed by atoms with van der Waals surface area (Å²) in [6.45, 7) is 3.07. The summed E-state index contributed by atoms with van der Waals surface area (Å²) >= 11 is 0. The number of benzene rings is 1. The molecule has 0 amide bonds. The molecule has 2 rings (SSSR count). The molecule has 0 aliphatic rings. The number of halogens is 1. The van der Waals surface area contributed by atoms with Crippen LogP contribution in [0.4, 0.5) is 4.39 Å². The zero-order valence-electron chi connectivity index (χ0n) is 11.0. The molecule has 1 heterocycles. The fraction of sp³-hybridized carbons (Fsp3) is 0.308. The highest BCUT2D eigenvalue weighted by atomic mass is 19.1. The maximum absolute atomic E-state index is 12.8. The molecule has 6 nitrogen and oxygen atoms in total. The van der Waals surface area contributed by atoms with Crippen LogP contribution in [-0.4, -0.2) is 21.9 Å². The SMILES string of the molecule is CC(C)OC(=O)Cn1nc(-c2ccc(F)cc2)oc1=O. The van der Waals surface area contributed by atoms with Gasteiger partial charge in [0.05, 0.1) is 6.10 Å². The summed E-state index contributed by atoms with van der Waals surface area (Å²) in [6.07, 6.45) is -0.276. The van der Waals surface area contributed by atoms with Gasteiger partial charge >= 0.3 is 11.7 Å². The molecule has 20 heavy (non-hydrogen) atoms. The van der Waals surface area contributed by atoms with Crippen LogP contribution >= 0.6 is 0 Å². The molecular weight excluding hydrogens is 267 g/mol. The third-order valence-electron chi connectivity index (χ3n) is 2.34. The van der Waals surface area contributed by atoms with Crippen molar-refractivity contribution < 1.29 is 18.3 Å². The van der Waals surface area contributed by atoms with Crippen molar-refractivity contribution in [1.29, 1.82) is 0 Å². The molecule has 0 aliphatic heterocycles. The van der Waals surface area contributed by atoms with Crippen molar-refractivity contribution in [2.45, 2.75) is 26.5 Å². The van der Waals surface area contributed by atoms with Gasteiger partial charge in [-0.1, -0.05) is 0 Å². The van der Waals surface area contributed by atoms with Gasteiger partial charge in [0, 0.05) is 5.56 Å². The third kappa shape index (κ3) is 3.31. The largest absolute Gasteiger partial charge is 0.462 e. The van der Waals surface area contributed by atoms with Crippen LogP contribution in [0.25, 0.3) is 11.5 Å². The van der Waals surface area contributed by atoms with Crippen molar-refractivity contribution in [3.63, 3.8) is 0 Å². The van der Waals surface area contributed by atoms with Crippen LogP contribution in [0, 0.1) is 5.82 Å². The maximum atomic E-state index is 12.8. The van der Waals surface area contributed by atoms with Gasteiger partial charge in [0.1, 0.15) is 12.4 Å². The molecule has 0 atom stereocenters. The molecule has 0 radical (unpaired) electrons. The second-order valence-corrected chi connectivity index (χ2v) is 4.38. The molecule has 106 valence electrons. The van der Waals surface area contributed by atoms with Crippen LogP contribution in [0.3, 0.4) is 0 Å². The summed E-state index contributed by atoms with van der Waals surface area (Å²) in [6, 6.07) is 5.30. The van der Waals surface area contributed by atoms with Crippen molar-refractivity contribution >= 4 is 5.97 Å². The standard InChI is InChI=1S/C13H13FN2O4/c1-8(2)19-11(17)7-16-13(18)20-12(15-16)9-3-5-10(14)6-4-9/h3-6,8H,7H2,1-2H3. The number of hydrogen-bond donors (Lipinski definition) is 0. The van der Waals surface area contributed by atoms with Crippen molar-refractivity contribution in [2.75, 3.05) is 0 Å². The normalized spacial score (nSPS) is 10.8. The van der Waals surface area contributed by atoms with E-state index in [0.717, 1.165) is 4.68 Å². The minimum atomic E-state index is -0.773. The first-order chi connectivity index (χ1) is 9.45. The highest BCUT2D eigenvalue weighted by molar-refractivity contribution is 5.69. The number of esters is 1. The van der Waals surface area contributed by atoms with Gasteiger partial charge in [-0.25, -0.2) is 9.18 Å². The van der Waals surface area contributed by atoms with Gasteiger partial charge in [0.25, 0.3) is 0 Å².